The quantitative estimate of drug-likeness (QED) is 0.182. The molecule has 0 N–H and O–H groups in total. The SMILES string of the molecule is CC1(C)c2ccccc2-c2cc3c(-c4ccc(-c5nc(-c6ccccc6)nc(-c6ccccc6)n5)cc4)cc(-c4ccc5ccccc5c4)nc3cc21. The Balaban J connectivity index is 1.14. The number of benzene rings is 7. The van der Waals surface area contributed by atoms with E-state index in [1.165, 1.54) is 33.0 Å². The van der Waals surface area contributed by atoms with Crippen molar-refractivity contribution in [1.82, 2.24) is 19.9 Å². The van der Waals surface area contributed by atoms with E-state index in [9.17, 15) is 0 Å². The largest absolute Gasteiger partial charge is 0.248 e. The van der Waals surface area contributed by atoms with Gasteiger partial charge in [-0.2, -0.15) is 0 Å². The molecule has 53 heavy (non-hydrogen) atoms. The van der Waals surface area contributed by atoms with E-state index in [2.05, 4.69) is 123 Å². The molecule has 250 valence electrons. The molecule has 1 aliphatic carbocycles. The summed E-state index contributed by atoms with van der Waals surface area (Å²) < 4.78 is 0. The zero-order chi connectivity index (χ0) is 35.5. The highest BCUT2D eigenvalue weighted by Crippen LogP contribution is 2.50. The van der Waals surface area contributed by atoms with E-state index in [0.29, 0.717) is 17.5 Å². The minimum atomic E-state index is -0.121. The van der Waals surface area contributed by atoms with Gasteiger partial charge in [-0.1, -0.05) is 159 Å². The van der Waals surface area contributed by atoms with Gasteiger partial charge in [-0.3, -0.25) is 0 Å². The van der Waals surface area contributed by atoms with Crippen LogP contribution in [0, 0.1) is 0 Å². The van der Waals surface area contributed by atoms with Gasteiger partial charge < -0.3 is 0 Å². The molecular weight excluding hydrogens is 645 g/mol. The summed E-state index contributed by atoms with van der Waals surface area (Å²) in [5.74, 6) is 1.93. The van der Waals surface area contributed by atoms with Crippen LogP contribution >= 0.6 is 0 Å². The van der Waals surface area contributed by atoms with Crippen LogP contribution in [0.15, 0.2) is 170 Å². The Morgan fingerprint density at radius 2 is 0.906 bits per heavy atom. The monoisotopic (exact) mass is 678 g/mol. The number of aromatic nitrogens is 4. The Bertz CT molecular complexity index is 2780. The van der Waals surface area contributed by atoms with Crippen LogP contribution in [0.4, 0.5) is 0 Å². The summed E-state index contributed by atoms with van der Waals surface area (Å²) in [6.07, 6.45) is 0. The van der Waals surface area contributed by atoms with Gasteiger partial charge in [0.25, 0.3) is 0 Å². The molecule has 0 spiro atoms. The van der Waals surface area contributed by atoms with Crippen LogP contribution < -0.4 is 0 Å². The predicted octanol–water partition coefficient (Wildman–Crippen LogP) is 12.2. The molecule has 7 aromatic carbocycles. The van der Waals surface area contributed by atoms with Crippen molar-refractivity contribution in [3.05, 3.63) is 181 Å². The molecule has 0 aliphatic heterocycles. The molecule has 0 saturated carbocycles. The van der Waals surface area contributed by atoms with Crippen molar-refractivity contribution in [3.63, 3.8) is 0 Å². The maximum Gasteiger partial charge on any atom is 0.164 e. The minimum Gasteiger partial charge on any atom is -0.248 e. The number of pyridine rings is 1. The van der Waals surface area contributed by atoms with E-state index in [1.54, 1.807) is 0 Å². The van der Waals surface area contributed by atoms with Gasteiger partial charge in [0.1, 0.15) is 0 Å². The molecule has 0 fully saturated rings. The number of nitrogens with zero attached hydrogens (tertiary/aromatic N) is 4. The lowest BCUT2D eigenvalue weighted by molar-refractivity contribution is 0.661. The highest BCUT2D eigenvalue weighted by atomic mass is 15.0. The smallest absolute Gasteiger partial charge is 0.164 e. The van der Waals surface area contributed by atoms with Gasteiger partial charge >= 0.3 is 0 Å². The Morgan fingerprint density at radius 3 is 1.58 bits per heavy atom. The van der Waals surface area contributed by atoms with E-state index in [1.807, 2.05) is 60.7 Å². The molecule has 9 aromatic rings. The van der Waals surface area contributed by atoms with Crippen molar-refractivity contribution in [3.8, 4) is 67.7 Å². The normalized spacial score (nSPS) is 12.9. The average Bonchev–Trinajstić information content (AvgIpc) is 3.45. The van der Waals surface area contributed by atoms with Gasteiger partial charge in [0.15, 0.2) is 17.5 Å². The third kappa shape index (κ3) is 5.30. The minimum absolute atomic E-state index is 0.121. The average molecular weight is 679 g/mol. The zero-order valence-corrected chi connectivity index (χ0v) is 29.5. The van der Waals surface area contributed by atoms with Crippen LogP contribution in [0.25, 0.3) is 89.4 Å². The van der Waals surface area contributed by atoms with Gasteiger partial charge in [-0.15, -0.1) is 0 Å². The first-order valence-electron chi connectivity index (χ1n) is 18.1. The lowest BCUT2D eigenvalue weighted by atomic mass is 9.82. The molecule has 2 heterocycles. The fraction of sp³-hybridized carbons (Fsp3) is 0.0612. The number of rotatable bonds is 5. The highest BCUT2D eigenvalue weighted by molar-refractivity contribution is 6.02. The number of fused-ring (bicyclic) bond motifs is 5. The number of hydrogen-bond donors (Lipinski definition) is 0. The number of hydrogen-bond acceptors (Lipinski definition) is 4. The van der Waals surface area contributed by atoms with E-state index < -0.39 is 0 Å². The fourth-order valence-corrected chi connectivity index (χ4v) is 7.89. The fourth-order valence-electron chi connectivity index (χ4n) is 7.89. The summed E-state index contributed by atoms with van der Waals surface area (Å²) in [5.41, 5.74) is 13.2. The third-order valence-electron chi connectivity index (χ3n) is 10.7. The van der Waals surface area contributed by atoms with Gasteiger partial charge in [-0.25, -0.2) is 19.9 Å². The van der Waals surface area contributed by atoms with Crippen molar-refractivity contribution in [2.24, 2.45) is 0 Å². The second kappa shape index (κ2) is 12.2. The Hall–Kier alpha value is -6.78. The van der Waals surface area contributed by atoms with Crippen LogP contribution in [0.2, 0.25) is 0 Å². The van der Waals surface area contributed by atoms with E-state index in [0.717, 1.165) is 50.0 Å². The van der Waals surface area contributed by atoms with Gasteiger partial charge in [-0.05, 0) is 68.4 Å². The van der Waals surface area contributed by atoms with Crippen molar-refractivity contribution in [1.29, 1.82) is 0 Å². The van der Waals surface area contributed by atoms with Crippen LogP contribution in [-0.4, -0.2) is 19.9 Å². The van der Waals surface area contributed by atoms with E-state index in [4.69, 9.17) is 19.9 Å². The maximum atomic E-state index is 5.36. The summed E-state index contributed by atoms with van der Waals surface area (Å²) in [6.45, 7) is 4.65. The Labute approximate surface area is 308 Å². The van der Waals surface area contributed by atoms with Crippen molar-refractivity contribution >= 4 is 21.7 Å². The Kier molecular flexibility index (Phi) is 7.12. The lowest BCUT2D eigenvalue weighted by Crippen LogP contribution is -2.14. The van der Waals surface area contributed by atoms with Crippen molar-refractivity contribution in [2.45, 2.75) is 19.3 Å². The molecule has 2 aromatic heterocycles. The van der Waals surface area contributed by atoms with Gasteiger partial charge in [0.2, 0.25) is 0 Å². The zero-order valence-electron chi connectivity index (χ0n) is 29.5. The Morgan fingerprint density at radius 1 is 0.358 bits per heavy atom. The molecule has 0 saturated heterocycles. The third-order valence-corrected chi connectivity index (χ3v) is 10.7. The topological polar surface area (TPSA) is 51.6 Å². The molecule has 0 unspecified atom stereocenters. The van der Waals surface area contributed by atoms with Crippen LogP contribution in [0.3, 0.4) is 0 Å². The summed E-state index contributed by atoms with van der Waals surface area (Å²) in [7, 11) is 0. The summed E-state index contributed by atoms with van der Waals surface area (Å²) >= 11 is 0. The first kappa shape index (κ1) is 31.0. The van der Waals surface area contributed by atoms with Gasteiger partial charge in [0, 0.05) is 33.1 Å². The first-order chi connectivity index (χ1) is 26.0. The standard InChI is InChI=1S/C49H34N4/c1-49(2)42-20-12-11-19-38(42)40-28-41-39(29-44(50-45(41)30-43(40)49)37-26-21-31-13-9-10-18-36(31)27-37)32-22-24-35(25-23-32)48-52-46(33-14-5-3-6-15-33)51-47(53-48)34-16-7-4-8-17-34/h3-30H,1-2H3. The van der Waals surface area contributed by atoms with E-state index in [-0.39, 0.29) is 5.41 Å². The molecule has 4 nitrogen and oxygen atoms in total. The first-order valence-corrected chi connectivity index (χ1v) is 18.1. The van der Waals surface area contributed by atoms with Gasteiger partial charge in [0.05, 0.1) is 11.2 Å². The van der Waals surface area contributed by atoms with Crippen LogP contribution in [0.5, 0.6) is 0 Å². The van der Waals surface area contributed by atoms with Crippen LogP contribution in [-0.2, 0) is 5.41 Å². The summed E-state index contributed by atoms with van der Waals surface area (Å²) in [5, 5.41) is 3.55. The lowest BCUT2D eigenvalue weighted by Gasteiger charge is -2.22. The van der Waals surface area contributed by atoms with E-state index >= 15 is 0 Å². The van der Waals surface area contributed by atoms with Crippen LogP contribution in [0.1, 0.15) is 25.0 Å². The molecule has 0 amide bonds. The molecule has 0 radical (unpaired) electrons. The second-order valence-corrected chi connectivity index (χ2v) is 14.3. The summed E-state index contributed by atoms with van der Waals surface area (Å²) in [6, 6.07) is 59.7. The molecule has 0 atom stereocenters. The predicted molar refractivity (Wildman–Crippen MR) is 217 cm³/mol. The summed E-state index contributed by atoms with van der Waals surface area (Å²) in [4.78, 5) is 20.2. The highest BCUT2D eigenvalue weighted by Gasteiger charge is 2.35. The molecule has 10 rings (SSSR count). The van der Waals surface area contributed by atoms with Crippen molar-refractivity contribution < 1.29 is 0 Å². The molecule has 0 bridgehead atoms. The maximum absolute atomic E-state index is 5.36. The second-order valence-electron chi connectivity index (χ2n) is 14.3. The van der Waals surface area contributed by atoms with Crippen molar-refractivity contribution in [2.75, 3.05) is 0 Å². The molecular formula is C49H34N4. The molecule has 4 heteroatoms. The molecule has 1 aliphatic rings.